The van der Waals surface area contributed by atoms with E-state index in [1.54, 1.807) is 13.8 Å². The number of hydrogen-bond acceptors (Lipinski definition) is 5. The molecule has 0 atom stereocenters. The Balaban J connectivity index is 2.03. The third kappa shape index (κ3) is 2.65. The van der Waals surface area contributed by atoms with Gasteiger partial charge in [-0.25, -0.2) is 9.78 Å². The molecule has 0 radical (unpaired) electrons. The van der Waals surface area contributed by atoms with Crippen molar-refractivity contribution < 1.29 is 23.5 Å². The highest BCUT2D eigenvalue weighted by atomic mass is 16.4. The van der Waals surface area contributed by atoms with Crippen LogP contribution in [0, 0.1) is 13.8 Å². The van der Waals surface area contributed by atoms with Gasteiger partial charge in [-0.05, 0) is 19.9 Å². The second-order valence-corrected chi connectivity index (χ2v) is 3.93. The highest BCUT2D eigenvalue weighted by molar-refractivity contribution is 5.93. The van der Waals surface area contributed by atoms with E-state index in [4.69, 9.17) is 13.9 Å². The predicted octanol–water partition coefficient (Wildman–Crippen LogP) is 1.51. The Morgan fingerprint density at radius 2 is 2.11 bits per heavy atom. The molecule has 0 fully saturated rings. The van der Waals surface area contributed by atoms with Crippen LogP contribution in [-0.2, 0) is 6.54 Å². The number of nitrogens with zero attached hydrogens (tertiary/aromatic N) is 1. The molecule has 7 nitrogen and oxygen atoms in total. The van der Waals surface area contributed by atoms with E-state index in [2.05, 4.69) is 10.3 Å². The van der Waals surface area contributed by atoms with Gasteiger partial charge < -0.3 is 19.3 Å². The molecule has 0 saturated carbocycles. The second kappa shape index (κ2) is 4.97. The number of rotatable bonds is 4. The molecular formula is C12H12N2O5. The third-order valence-electron chi connectivity index (χ3n) is 2.58. The van der Waals surface area contributed by atoms with E-state index in [-0.39, 0.29) is 17.8 Å². The third-order valence-corrected chi connectivity index (χ3v) is 2.58. The SMILES string of the molecule is Cc1oc(CNC(=O)c2ncoc2C)cc1C(=O)O. The number of carbonyl (C=O) groups excluding carboxylic acids is 1. The molecule has 0 saturated heterocycles. The maximum Gasteiger partial charge on any atom is 0.339 e. The number of carboxylic acids is 1. The standard InChI is InChI=1S/C12H12N2O5/c1-6-9(12(16)17)3-8(19-6)4-13-11(15)10-7(2)18-5-14-10/h3,5H,4H2,1-2H3,(H,13,15)(H,16,17). The fraction of sp³-hybridized carbons (Fsp3) is 0.250. The summed E-state index contributed by atoms with van der Waals surface area (Å²) < 4.78 is 10.2. The van der Waals surface area contributed by atoms with Crippen molar-refractivity contribution in [3.8, 4) is 0 Å². The molecule has 19 heavy (non-hydrogen) atoms. The minimum Gasteiger partial charge on any atom is -0.478 e. The monoisotopic (exact) mass is 264 g/mol. The Morgan fingerprint density at radius 3 is 2.63 bits per heavy atom. The maximum absolute atomic E-state index is 11.7. The molecule has 0 aliphatic carbocycles. The van der Waals surface area contributed by atoms with Crippen molar-refractivity contribution in [2.45, 2.75) is 20.4 Å². The van der Waals surface area contributed by atoms with Crippen LogP contribution < -0.4 is 5.32 Å². The number of carboxylic acid groups (broad SMARTS) is 1. The number of aryl methyl sites for hydroxylation is 2. The molecular weight excluding hydrogens is 252 g/mol. The summed E-state index contributed by atoms with van der Waals surface area (Å²) >= 11 is 0. The van der Waals surface area contributed by atoms with Gasteiger partial charge in [-0.3, -0.25) is 4.79 Å². The van der Waals surface area contributed by atoms with Gasteiger partial charge in [0.1, 0.15) is 22.8 Å². The molecule has 0 unspecified atom stereocenters. The number of amides is 1. The molecule has 0 spiro atoms. The highest BCUT2D eigenvalue weighted by Gasteiger charge is 2.16. The first-order chi connectivity index (χ1) is 8.99. The first-order valence-electron chi connectivity index (χ1n) is 5.50. The number of furan rings is 1. The quantitative estimate of drug-likeness (QED) is 0.867. The van der Waals surface area contributed by atoms with E-state index in [0.29, 0.717) is 17.3 Å². The zero-order chi connectivity index (χ0) is 14.0. The summed E-state index contributed by atoms with van der Waals surface area (Å²) in [5, 5.41) is 11.4. The number of oxazole rings is 1. The molecule has 2 heterocycles. The van der Waals surface area contributed by atoms with E-state index >= 15 is 0 Å². The van der Waals surface area contributed by atoms with Gasteiger partial charge in [0.05, 0.1) is 6.54 Å². The van der Waals surface area contributed by atoms with Gasteiger partial charge in [-0.15, -0.1) is 0 Å². The number of nitrogens with one attached hydrogen (secondary N) is 1. The lowest BCUT2D eigenvalue weighted by molar-refractivity contribution is 0.0694. The van der Waals surface area contributed by atoms with Crippen LogP contribution in [0.1, 0.15) is 38.1 Å². The van der Waals surface area contributed by atoms with E-state index < -0.39 is 11.9 Å². The Hall–Kier alpha value is -2.57. The molecule has 1 amide bonds. The molecule has 0 aliphatic heterocycles. The van der Waals surface area contributed by atoms with E-state index in [9.17, 15) is 9.59 Å². The summed E-state index contributed by atoms with van der Waals surface area (Å²) in [5.74, 6) is -0.388. The minimum absolute atomic E-state index is 0.0826. The number of aromatic carboxylic acids is 1. The molecule has 0 aliphatic rings. The van der Waals surface area contributed by atoms with Crippen molar-refractivity contribution in [3.05, 3.63) is 41.0 Å². The lowest BCUT2D eigenvalue weighted by Gasteiger charge is -2.00. The summed E-state index contributed by atoms with van der Waals surface area (Å²) in [4.78, 5) is 26.3. The zero-order valence-corrected chi connectivity index (χ0v) is 10.4. The smallest absolute Gasteiger partial charge is 0.339 e. The Bertz CT molecular complexity index is 626. The number of aromatic nitrogens is 1. The van der Waals surface area contributed by atoms with Crippen LogP contribution in [0.15, 0.2) is 21.3 Å². The molecule has 2 aromatic rings. The fourth-order valence-electron chi connectivity index (χ4n) is 1.62. The van der Waals surface area contributed by atoms with Crippen LogP contribution in [0.4, 0.5) is 0 Å². The van der Waals surface area contributed by atoms with E-state index in [1.165, 1.54) is 12.5 Å². The minimum atomic E-state index is -1.06. The lowest BCUT2D eigenvalue weighted by atomic mass is 10.2. The van der Waals surface area contributed by atoms with Gasteiger partial charge in [0.15, 0.2) is 12.1 Å². The normalized spacial score (nSPS) is 10.4. The Morgan fingerprint density at radius 1 is 1.37 bits per heavy atom. The average Bonchev–Trinajstić information content (AvgIpc) is 2.92. The summed E-state index contributed by atoms with van der Waals surface area (Å²) in [6.45, 7) is 3.26. The van der Waals surface area contributed by atoms with Crippen molar-refractivity contribution in [1.82, 2.24) is 10.3 Å². The summed E-state index contributed by atoms with van der Waals surface area (Å²) in [6, 6.07) is 1.38. The maximum atomic E-state index is 11.7. The zero-order valence-electron chi connectivity index (χ0n) is 10.4. The molecule has 2 aromatic heterocycles. The van der Waals surface area contributed by atoms with Crippen LogP contribution in [0.5, 0.6) is 0 Å². The van der Waals surface area contributed by atoms with Crippen molar-refractivity contribution >= 4 is 11.9 Å². The van der Waals surface area contributed by atoms with Crippen LogP contribution in [-0.4, -0.2) is 22.0 Å². The topological polar surface area (TPSA) is 106 Å². The van der Waals surface area contributed by atoms with Gasteiger partial charge in [0, 0.05) is 0 Å². The average molecular weight is 264 g/mol. The largest absolute Gasteiger partial charge is 0.478 e. The summed E-state index contributed by atoms with van der Waals surface area (Å²) in [7, 11) is 0. The number of carbonyl (C=O) groups is 2. The van der Waals surface area contributed by atoms with Crippen LogP contribution in [0.25, 0.3) is 0 Å². The summed E-state index contributed by atoms with van der Waals surface area (Å²) in [6.07, 6.45) is 1.18. The molecule has 100 valence electrons. The van der Waals surface area contributed by atoms with Gasteiger partial charge in [0.25, 0.3) is 5.91 Å². The fourth-order valence-corrected chi connectivity index (χ4v) is 1.62. The van der Waals surface area contributed by atoms with Gasteiger partial charge in [-0.2, -0.15) is 0 Å². The second-order valence-electron chi connectivity index (χ2n) is 3.93. The van der Waals surface area contributed by atoms with Crippen LogP contribution in [0.3, 0.4) is 0 Å². The first kappa shape index (κ1) is 12.9. The van der Waals surface area contributed by atoms with E-state index in [0.717, 1.165) is 0 Å². The molecule has 0 aromatic carbocycles. The van der Waals surface area contributed by atoms with Crippen molar-refractivity contribution in [2.24, 2.45) is 0 Å². The Kier molecular flexibility index (Phi) is 3.37. The number of hydrogen-bond donors (Lipinski definition) is 2. The van der Waals surface area contributed by atoms with Gasteiger partial charge >= 0.3 is 5.97 Å². The van der Waals surface area contributed by atoms with Crippen LogP contribution >= 0.6 is 0 Å². The first-order valence-corrected chi connectivity index (χ1v) is 5.50. The van der Waals surface area contributed by atoms with Gasteiger partial charge in [0.2, 0.25) is 0 Å². The molecule has 7 heteroatoms. The highest BCUT2D eigenvalue weighted by Crippen LogP contribution is 2.14. The Labute approximate surface area is 108 Å². The van der Waals surface area contributed by atoms with Gasteiger partial charge in [-0.1, -0.05) is 0 Å². The van der Waals surface area contributed by atoms with Crippen molar-refractivity contribution in [1.29, 1.82) is 0 Å². The molecule has 2 rings (SSSR count). The molecule has 2 N–H and O–H groups in total. The van der Waals surface area contributed by atoms with E-state index in [1.807, 2.05) is 0 Å². The van der Waals surface area contributed by atoms with Crippen molar-refractivity contribution in [2.75, 3.05) is 0 Å². The van der Waals surface area contributed by atoms with Crippen molar-refractivity contribution in [3.63, 3.8) is 0 Å². The summed E-state index contributed by atoms with van der Waals surface area (Å²) in [5.41, 5.74) is 0.281. The lowest BCUT2D eigenvalue weighted by Crippen LogP contribution is -2.23. The predicted molar refractivity (Wildman–Crippen MR) is 62.8 cm³/mol. The van der Waals surface area contributed by atoms with Crippen LogP contribution in [0.2, 0.25) is 0 Å². The molecule has 0 bridgehead atoms.